The summed E-state index contributed by atoms with van der Waals surface area (Å²) < 4.78 is 0. The average molecular weight is 487 g/mol. The first-order valence-corrected chi connectivity index (χ1v) is 12.6. The molecule has 2 N–H and O–H groups in total. The van der Waals surface area contributed by atoms with Crippen LogP contribution in [0.25, 0.3) is 0 Å². The molecule has 0 saturated heterocycles. The predicted molar refractivity (Wildman–Crippen MR) is 146 cm³/mol. The molecule has 0 bridgehead atoms. The fourth-order valence-corrected chi connectivity index (χ4v) is 3.86. The summed E-state index contributed by atoms with van der Waals surface area (Å²) in [6.45, 7) is 8.90. The first-order chi connectivity index (χ1) is 17.4. The number of benzene rings is 3. The monoisotopic (exact) mass is 486 g/mol. The molecule has 0 aromatic heterocycles. The lowest BCUT2D eigenvalue weighted by molar-refractivity contribution is 0.0939. The largest absolute Gasteiger partial charge is 0.348 e. The van der Waals surface area contributed by atoms with Gasteiger partial charge in [-0.1, -0.05) is 62.4 Å². The number of carbonyl (C=O) groups excluding carboxylic acids is 2. The highest BCUT2D eigenvalue weighted by atomic mass is 16.2. The van der Waals surface area contributed by atoms with E-state index in [0.717, 1.165) is 37.3 Å². The summed E-state index contributed by atoms with van der Waals surface area (Å²) in [6.07, 6.45) is 0. The molecule has 0 heterocycles. The zero-order valence-corrected chi connectivity index (χ0v) is 21.9. The van der Waals surface area contributed by atoms with Crippen molar-refractivity contribution < 1.29 is 9.59 Å². The van der Waals surface area contributed by atoms with E-state index in [0.29, 0.717) is 24.2 Å². The van der Waals surface area contributed by atoms with Crippen molar-refractivity contribution >= 4 is 11.8 Å². The van der Waals surface area contributed by atoms with Gasteiger partial charge < -0.3 is 20.4 Å². The van der Waals surface area contributed by atoms with Gasteiger partial charge in [0, 0.05) is 37.3 Å². The second-order valence-corrected chi connectivity index (χ2v) is 9.24. The number of amides is 2. The van der Waals surface area contributed by atoms with Crippen molar-refractivity contribution in [2.45, 2.75) is 40.0 Å². The van der Waals surface area contributed by atoms with Gasteiger partial charge in [-0.05, 0) is 73.7 Å². The van der Waals surface area contributed by atoms with E-state index in [4.69, 9.17) is 0 Å². The van der Waals surface area contributed by atoms with Crippen LogP contribution in [0.15, 0.2) is 72.8 Å². The highest BCUT2D eigenvalue weighted by Crippen LogP contribution is 2.11. The van der Waals surface area contributed by atoms with Crippen molar-refractivity contribution in [1.82, 2.24) is 20.4 Å². The van der Waals surface area contributed by atoms with Gasteiger partial charge in [0.05, 0.1) is 0 Å². The van der Waals surface area contributed by atoms with Gasteiger partial charge in [0.2, 0.25) is 0 Å². The molecule has 0 radical (unpaired) electrons. The van der Waals surface area contributed by atoms with Crippen LogP contribution in [0.4, 0.5) is 0 Å². The molecule has 0 aliphatic heterocycles. The molecule has 3 aromatic carbocycles. The molecule has 0 fully saturated rings. The van der Waals surface area contributed by atoms with Crippen LogP contribution in [0.2, 0.25) is 0 Å². The SMILES string of the molecule is CCN(C)Cc1cccc(CNC(=O)c2ccc(C(=O)NCc3cccc(CN(C)CC)c3)cc2)c1. The van der Waals surface area contributed by atoms with E-state index in [1.54, 1.807) is 24.3 Å². The van der Waals surface area contributed by atoms with E-state index < -0.39 is 0 Å². The van der Waals surface area contributed by atoms with Crippen molar-refractivity contribution in [3.8, 4) is 0 Å². The molecule has 0 unspecified atom stereocenters. The summed E-state index contributed by atoms with van der Waals surface area (Å²) in [5, 5.41) is 5.94. The van der Waals surface area contributed by atoms with Crippen LogP contribution < -0.4 is 10.6 Å². The molecule has 2 amide bonds. The Bertz CT molecular complexity index is 1050. The Balaban J connectivity index is 1.51. The molecule has 0 saturated carbocycles. The highest BCUT2D eigenvalue weighted by Gasteiger charge is 2.10. The van der Waals surface area contributed by atoms with Crippen LogP contribution in [-0.2, 0) is 26.2 Å². The van der Waals surface area contributed by atoms with Crippen molar-refractivity contribution in [2.75, 3.05) is 27.2 Å². The molecule has 3 rings (SSSR count). The quantitative estimate of drug-likeness (QED) is 0.397. The summed E-state index contributed by atoms with van der Waals surface area (Å²) in [5.41, 5.74) is 5.63. The number of rotatable bonds is 12. The average Bonchev–Trinajstić information content (AvgIpc) is 2.90. The van der Waals surface area contributed by atoms with E-state index in [1.165, 1.54) is 11.1 Å². The van der Waals surface area contributed by atoms with Gasteiger partial charge in [-0.3, -0.25) is 9.59 Å². The normalized spacial score (nSPS) is 11.1. The molecule has 0 aliphatic rings. The fraction of sp³-hybridized carbons (Fsp3) is 0.333. The maximum atomic E-state index is 12.6. The summed E-state index contributed by atoms with van der Waals surface area (Å²) >= 11 is 0. The molecular formula is C30H38N4O2. The maximum Gasteiger partial charge on any atom is 0.251 e. The number of carbonyl (C=O) groups is 2. The Morgan fingerprint density at radius 3 is 1.33 bits per heavy atom. The summed E-state index contributed by atoms with van der Waals surface area (Å²) in [5.74, 6) is -0.321. The molecule has 6 heteroatoms. The first-order valence-electron chi connectivity index (χ1n) is 12.6. The lowest BCUT2D eigenvalue weighted by Crippen LogP contribution is -2.24. The third kappa shape index (κ3) is 8.33. The second-order valence-electron chi connectivity index (χ2n) is 9.24. The Morgan fingerprint density at radius 2 is 0.972 bits per heavy atom. The zero-order valence-electron chi connectivity index (χ0n) is 21.9. The minimum atomic E-state index is -0.160. The lowest BCUT2D eigenvalue weighted by Gasteiger charge is -2.15. The van der Waals surface area contributed by atoms with E-state index >= 15 is 0 Å². The van der Waals surface area contributed by atoms with Gasteiger partial charge in [-0.2, -0.15) is 0 Å². The van der Waals surface area contributed by atoms with E-state index in [1.807, 2.05) is 24.3 Å². The maximum absolute atomic E-state index is 12.6. The number of hydrogen-bond donors (Lipinski definition) is 2. The second kappa shape index (κ2) is 13.6. The summed E-state index contributed by atoms with van der Waals surface area (Å²) in [6, 6.07) is 23.3. The number of hydrogen-bond acceptors (Lipinski definition) is 4. The van der Waals surface area contributed by atoms with Crippen LogP contribution >= 0.6 is 0 Å². The third-order valence-electron chi connectivity index (χ3n) is 6.28. The van der Waals surface area contributed by atoms with Gasteiger partial charge in [-0.25, -0.2) is 0 Å². The topological polar surface area (TPSA) is 64.7 Å². The molecule has 0 atom stereocenters. The van der Waals surface area contributed by atoms with Crippen molar-refractivity contribution in [1.29, 1.82) is 0 Å². The minimum Gasteiger partial charge on any atom is -0.348 e. The molecule has 0 aliphatic carbocycles. The minimum absolute atomic E-state index is 0.160. The number of nitrogens with zero attached hydrogens (tertiary/aromatic N) is 2. The van der Waals surface area contributed by atoms with Crippen molar-refractivity contribution in [2.24, 2.45) is 0 Å². The van der Waals surface area contributed by atoms with Crippen LogP contribution in [0, 0.1) is 0 Å². The van der Waals surface area contributed by atoms with E-state index in [9.17, 15) is 9.59 Å². The van der Waals surface area contributed by atoms with Crippen LogP contribution in [-0.4, -0.2) is 48.8 Å². The molecule has 6 nitrogen and oxygen atoms in total. The van der Waals surface area contributed by atoms with Gasteiger partial charge in [0.15, 0.2) is 0 Å². The Labute approximate surface area is 215 Å². The molecule has 36 heavy (non-hydrogen) atoms. The van der Waals surface area contributed by atoms with Gasteiger partial charge in [0.1, 0.15) is 0 Å². The van der Waals surface area contributed by atoms with Crippen LogP contribution in [0.1, 0.15) is 56.8 Å². The highest BCUT2D eigenvalue weighted by molar-refractivity contribution is 5.97. The van der Waals surface area contributed by atoms with Crippen LogP contribution in [0.3, 0.4) is 0 Å². The van der Waals surface area contributed by atoms with Gasteiger partial charge in [0.25, 0.3) is 11.8 Å². The summed E-state index contributed by atoms with van der Waals surface area (Å²) in [7, 11) is 4.17. The smallest absolute Gasteiger partial charge is 0.251 e. The Kier molecular flexibility index (Phi) is 10.2. The van der Waals surface area contributed by atoms with Crippen molar-refractivity contribution in [3.63, 3.8) is 0 Å². The van der Waals surface area contributed by atoms with Crippen molar-refractivity contribution in [3.05, 3.63) is 106 Å². The lowest BCUT2D eigenvalue weighted by atomic mass is 10.1. The first kappa shape index (κ1) is 27.1. The summed E-state index contributed by atoms with van der Waals surface area (Å²) in [4.78, 5) is 29.7. The standard InChI is InChI=1S/C30H38N4O2/c1-5-33(3)21-25-11-7-9-23(17-25)19-31-29(35)27-13-15-28(16-14-27)30(36)32-20-24-10-8-12-26(18-24)22-34(4)6-2/h7-18H,5-6,19-22H2,1-4H3,(H,31,35)(H,32,36). The van der Waals surface area contributed by atoms with Crippen LogP contribution in [0.5, 0.6) is 0 Å². The zero-order chi connectivity index (χ0) is 25.9. The predicted octanol–water partition coefficient (Wildman–Crippen LogP) is 4.45. The Hall–Kier alpha value is -3.48. The third-order valence-corrected chi connectivity index (χ3v) is 6.28. The molecule has 190 valence electrons. The molecule has 3 aromatic rings. The number of nitrogens with one attached hydrogen (secondary N) is 2. The van der Waals surface area contributed by atoms with Gasteiger partial charge in [-0.15, -0.1) is 0 Å². The van der Waals surface area contributed by atoms with Gasteiger partial charge >= 0.3 is 0 Å². The molecular weight excluding hydrogens is 448 g/mol. The Morgan fingerprint density at radius 1 is 0.611 bits per heavy atom. The van der Waals surface area contributed by atoms with E-state index in [2.05, 4.69) is 72.6 Å². The molecule has 0 spiro atoms. The van der Waals surface area contributed by atoms with E-state index in [-0.39, 0.29) is 11.8 Å². The fourth-order valence-electron chi connectivity index (χ4n) is 3.86.